The smallest absolute Gasteiger partial charge is 0.0603 e. The van der Waals surface area contributed by atoms with E-state index in [-0.39, 0.29) is 0 Å². The second kappa shape index (κ2) is 14.8. The number of hydrogen-bond donors (Lipinski definition) is 0. The average Bonchev–Trinajstić information content (AvgIpc) is 4.02. The maximum atomic E-state index is 2.49. The zero-order valence-corrected chi connectivity index (χ0v) is 38.5. The summed E-state index contributed by atoms with van der Waals surface area (Å²) in [5, 5.41) is 7.65. The molecule has 0 fully saturated rings. The van der Waals surface area contributed by atoms with Gasteiger partial charge in [0.1, 0.15) is 0 Å². The van der Waals surface area contributed by atoms with Gasteiger partial charge in [-0.05, 0) is 145 Å². The Morgan fingerprint density at radius 3 is 1.33 bits per heavy atom. The summed E-state index contributed by atoms with van der Waals surface area (Å²) >= 11 is 3.74. The van der Waals surface area contributed by atoms with Crippen LogP contribution in [-0.2, 0) is 0 Å². The van der Waals surface area contributed by atoms with E-state index in [2.05, 4.69) is 240 Å². The van der Waals surface area contributed by atoms with Gasteiger partial charge >= 0.3 is 0 Å². The van der Waals surface area contributed by atoms with Crippen LogP contribution in [0.2, 0.25) is 0 Å². The van der Waals surface area contributed by atoms with Gasteiger partial charge in [0.2, 0.25) is 0 Å². The van der Waals surface area contributed by atoms with Crippen LogP contribution in [0.15, 0.2) is 222 Å². The predicted molar refractivity (Wildman–Crippen MR) is 287 cm³/mol. The first-order valence-electron chi connectivity index (χ1n) is 22.9. The van der Waals surface area contributed by atoms with Gasteiger partial charge in [-0.2, -0.15) is 0 Å². The Hall–Kier alpha value is -7.83. The highest BCUT2D eigenvalue weighted by molar-refractivity contribution is 7.99. The second-order valence-corrected chi connectivity index (χ2v) is 20.1. The molecule has 0 unspecified atom stereocenters. The molecule has 0 atom stereocenters. The molecule has 0 N–H and O–H groups in total. The number of fused-ring (bicyclic) bond motifs is 11. The van der Waals surface area contributed by atoms with Crippen LogP contribution >= 0.6 is 23.1 Å². The minimum Gasteiger partial charge on any atom is -0.309 e. The van der Waals surface area contributed by atoms with Gasteiger partial charge in [0.25, 0.3) is 0 Å². The van der Waals surface area contributed by atoms with Crippen LogP contribution in [0.4, 0.5) is 17.1 Å². The number of rotatable bonds is 5. The summed E-state index contributed by atoms with van der Waals surface area (Å²) in [6.07, 6.45) is 0. The van der Waals surface area contributed by atoms with Gasteiger partial charge in [0, 0.05) is 68.6 Å². The predicted octanol–water partition coefficient (Wildman–Crippen LogP) is 18.1. The van der Waals surface area contributed by atoms with Crippen molar-refractivity contribution in [2.24, 2.45) is 0 Å². The normalized spacial score (nSPS) is 12.5. The summed E-state index contributed by atoms with van der Waals surface area (Å²) in [7, 11) is 0. The van der Waals surface area contributed by atoms with Gasteiger partial charge < -0.3 is 14.0 Å². The summed E-state index contributed by atoms with van der Waals surface area (Å²) in [5.41, 5.74) is 18.0. The highest BCUT2D eigenvalue weighted by atomic mass is 32.2. The van der Waals surface area contributed by atoms with E-state index in [1.807, 2.05) is 23.1 Å². The van der Waals surface area contributed by atoms with Crippen molar-refractivity contribution in [1.82, 2.24) is 9.13 Å². The molecule has 13 aromatic rings. The fraction of sp³-hybridized carbons (Fsp3) is 0.0323. The lowest BCUT2D eigenvalue weighted by Gasteiger charge is -2.33. The first-order valence-corrected chi connectivity index (χ1v) is 24.5. The number of benzene rings is 10. The molecule has 0 radical (unpaired) electrons. The van der Waals surface area contributed by atoms with E-state index in [0.29, 0.717) is 0 Å². The molecular weight excluding hydrogens is 851 g/mol. The fourth-order valence-corrected chi connectivity index (χ4v) is 12.9. The van der Waals surface area contributed by atoms with Crippen molar-refractivity contribution in [2.75, 3.05) is 4.90 Å². The van der Waals surface area contributed by atoms with E-state index < -0.39 is 0 Å². The molecule has 1 aliphatic heterocycles. The molecule has 3 nitrogen and oxygen atoms in total. The van der Waals surface area contributed by atoms with Gasteiger partial charge in [-0.25, -0.2) is 0 Å². The minimum atomic E-state index is 1.14. The molecule has 0 bridgehead atoms. The maximum Gasteiger partial charge on any atom is 0.0603 e. The van der Waals surface area contributed by atoms with Crippen LogP contribution in [0, 0.1) is 13.8 Å². The number of aryl methyl sites for hydroxylation is 2. The van der Waals surface area contributed by atoms with Crippen molar-refractivity contribution in [1.29, 1.82) is 0 Å². The van der Waals surface area contributed by atoms with Crippen molar-refractivity contribution < 1.29 is 0 Å². The fourth-order valence-electron chi connectivity index (χ4n) is 10.6. The highest BCUT2D eigenvalue weighted by Gasteiger charge is 2.28. The molecule has 14 rings (SSSR count). The number of anilines is 3. The minimum absolute atomic E-state index is 1.14. The van der Waals surface area contributed by atoms with Crippen LogP contribution < -0.4 is 4.90 Å². The molecule has 0 amide bonds. The Morgan fingerprint density at radius 1 is 0.313 bits per heavy atom. The number of nitrogens with zero attached hydrogens (tertiary/aromatic N) is 3. The molecule has 67 heavy (non-hydrogen) atoms. The lowest BCUT2D eigenvalue weighted by Crippen LogP contribution is -2.15. The molecular formula is C62H41N3S2. The molecule has 0 saturated carbocycles. The molecule has 4 heterocycles. The third-order valence-corrected chi connectivity index (χ3v) is 16.0. The third kappa shape index (κ3) is 6.05. The van der Waals surface area contributed by atoms with E-state index in [1.54, 1.807) is 0 Å². The Kier molecular flexibility index (Phi) is 8.52. The lowest BCUT2D eigenvalue weighted by atomic mass is 10.0. The van der Waals surface area contributed by atoms with Gasteiger partial charge in [-0.1, -0.05) is 126 Å². The number of hydrogen-bond acceptors (Lipinski definition) is 3. The zero-order valence-electron chi connectivity index (χ0n) is 36.9. The van der Waals surface area contributed by atoms with E-state index in [1.165, 1.54) is 118 Å². The van der Waals surface area contributed by atoms with Crippen LogP contribution in [0.1, 0.15) is 11.1 Å². The molecule has 1 aliphatic rings. The van der Waals surface area contributed by atoms with Crippen LogP contribution in [0.5, 0.6) is 0 Å². The Balaban J connectivity index is 0.981. The van der Waals surface area contributed by atoms with Crippen molar-refractivity contribution in [3.05, 3.63) is 223 Å². The number of thiophene rings is 1. The highest BCUT2D eigenvalue weighted by Crippen LogP contribution is 2.54. The van der Waals surface area contributed by atoms with Gasteiger partial charge in [-0.3, -0.25) is 0 Å². The topological polar surface area (TPSA) is 13.1 Å². The van der Waals surface area contributed by atoms with Gasteiger partial charge in [-0.15, -0.1) is 11.3 Å². The van der Waals surface area contributed by atoms with Crippen LogP contribution in [0.3, 0.4) is 0 Å². The molecule has 0 aliphatic carbocycles. The Morgan fingerprint density at radius 2 is 0.776 bits per heavy atom. The zero-order chi connectivity index (χ0) is 44.3. The summed E-state index contributed by atoms with van der Waals surface area (Å²) in [4.78, 5) is 4.92. The van der Waals surface area contributed by atoms with Crippen LogP contribution in [0.25, 0.3) is 97.4 Å². The average molecular weight is 892 g/mol. The Labute approximate surface area is 396 Å². The first-order chi connectivity index (χ1) is 33.0. The van der Waals surface area contributed by atoms with E-state index in [9.17, 15) is 0 Å². The second-order valence-electron chi connectivity index (χ2n) is 17.9. The van der Waals surface area contributed by atoms with E-state index in [0.717, 1.165) is 17.1 Å². The standard InChI is InChI=1S/C62H41N3S2/c1-38-17-24-53-48(31-38)49-32-39(2)18-25-54(49)63(53)45-21-28-57-61(36-45)67-62-37-46(22-29-58(62)65(57)44-23-30-60-52(35-44)47-15-9-10-16-59(47)66-60)64-55-26-19-42(40-11-5-3-6-12-40)33-50(55)51-34-43(20-27-56(51)64)41-13-7-4-8-14-41/h3-37H,1-2H3. The molecule has 10 aromatic carbocycles. The van der Waals surface area contributed by atoms with Crippen molar-refractivity contribution in [3.8, 4) is 33.6 Å². The van der Waals surface area contributed by atoms with Gasteiger partial charge in [0.05, 0.1) is 33.4 Å². The van der Waals surface area contributed by atoms with E-state index >= 15 is 0 Å². The summed E-state index contributed by atoms with van der Waals surface area (Å²) in [6, 6.07) is 79.1. The lowest BCUT2D eigenvalue weighted by molar-refractivity contribution is 1.11. The molecule has 0 saturated heterocycles. The third-order valence-electron chi connectivity index (χ3n) is 13.8. The summed E-state index contributed by atoms with van der Waals surface area (Å²) < 4.78 is 7.54. The first kappa shape index (κ1) is 38.4. The maximum absolute atomic E-state index is 2.49. The summed E-state index contributed by atoms with van der Waals surface area (Å²) in [5.74, 6) is 0. The van der Waals surface area contributed by atoms with Crippen molar-refractivity contribution >= 4 is 104 Å². The molecule has 5 heteroatoms. The summed E-state index contributed by atoms with van der Waals surface area (Å²) in [6.45, 7) is 4.38. The molecule has 316 valence electrons. The largest absolute Gasteiger partial charge is 0.309 e. The monoisotopic (exact) mass is 891 g/mol. The van der Waals surface area contributed by atoms with Crippen molar-refractivity contribution in [3.63, 3.8) is 0 Å². The molecule has 3 aromatic heterocycles. The molecule has 0 spiro atoms. The van der Waals surface area contributed by atoms with Crippen molar-refractivity contribution in [2.45, 2.75) is 23.6 Å². The van der Waals surface area contributed by atoms with Gasteiger partial charge in [0.15, 0.2) is 0 Å². The SMILES string of the molecule is Cc1ccc2c(c1)c1cc(C)ccc1n2-c1ccc2c(c1)Sc1cc(-n3c4ccc(-c5ccccc5)cc4c4cc(-c5ccccc5)ccc43)ccc1N2c1ccc2sc3ccccc3c2c1. The Bertz CT molecular complexity index is 4000. The number of aromatic nitrogens is 2. The van der Waals surface area contributed by atoms with E-state index in [4.69, 9.17) is 0 Å². The quantitative estimate of drug-likeness (QED) is 0.171. The van der Waals surface area contributed by atoms with Crippen LogP contribution in [-0.4, -0.2) is 9.13 Å².